The van der Waals surface area contributed by atoms with Crippen LogP contribution in [0.15, 0.2) is 30.3 Å². The van der Waals surface area contributed by atoms with Crippen LogP contribution in [-0.2, 0) is 9.59 Å². The van der Waals surface area contributed by atoms with Crippen molar-refractivity contribution in [3.63, 3.8) is 0 Å². The van der Waals surface area contributed by atoms with E-state index in [1.165, 1.54) is 0 Å². The maximum Gasteiger partial charge on any atom is 0.233 e. The maximum atomic E-state index is 13.5. The molecule has 0 aliphatic carbocycles. The van der Waals surface area contributed by atoms with Gasteiger partial charge in [0.2, 0.25) is 11.8 Å². The van der Waals surface area contributed by atoms with Gasteiger partial charge < -0.3 is 20.1 Å². The van der Waals surface area contributed by atoms with Gasteiger partial charge in [-0.15, -0.1) is 0 Å². The summed E-state index contributed by atoms with van der Waals surface area (Å²) in [7, 11) is 0. The third-order valence-electron chi connectivity index (χ3n) is 3.46. The van der Waals surface area contributed by atoms with Crippen molar-refractivity contribution in [2.24, 2.45) is 0 Å². The van der Waals surface area contributed by atoms with Gasteiger partial charge in [-0.2, -0.15) is 0 Å². The van der Waals surface area contributed by atoms with E-state index in [9.17, 15) is 22.8 Å². The summed E-state index contributed by atoms with van der Waals surface area (Å²) in [5.74, 6) is -5.18. The average molecular weight is 366 g/mol. The molecule has 0 bridgehead atoms. The SMILES string of the molecule is O=C(CC(=O)Nc1ccc(F)c(F)c1F)Nc1ccc2c(c1)OCCO2. The van der Waals surface area contributed by atoms with Crippen molar-refractivity contribution in [3.05, 3.63) is 47.8 Å². The van der Waals surface area contributed by atoms with E-state index in [1.807, 2.05) is 5.32 Å². The van der Waals surface area contributed by atoms with Crippen LogP contribution in [0.5, 0.6) is 11.5 Å². The highest BCUT2D eigenvalue weighted by Crippen LogP contribution is 2.32. The topological polar surface area (TPSA) is 76.7 Å². The summed E-state index contributed by atoms with van der Waals surface area (Å²) in [5.41, 5.74) is -0.174. The fourth-order valence-electron chi connectivity index (χ4n) is 2.29. The van der Waals surface area contributed by atoms with Gasteiger partial charge in [0, 0.05) is 11.8 Å². The van der Waals surface area contributed by atoms with Crippen LogP contribution < -0.4 is 20.1 Å². The summed E-state index contributed by atoms with van der Waals surface area (Å²) in [6.07, 6.45) is -0.646. The van der Waals surface area contributed by atoms with Gasteiger partial charge in [0.25, 0.3) is 0 Å². The molecule has 0 aromatic heterocycles. The predicted octanol–water partition coefficient (Wildman–Crippen LogP) is 2.84. The molecule has 3 rings (SSSR count). The zero-order valence-corrected chi connectivity index (χ0v) is 13.3. The lowest BCUT2D eigenvalue weighted by atomic mass is 10.2. The van der Waals surface area contributed by atoms with Crippen molar-refractivity contribution < 1.29 is 32.2 Å². The molecule has 0 spiro atoms. The Balaban J connectivity index is 1.60. The number of carbonyl (C=O) groups is 2. The molecule has 136 valence electrons. The Bertz CT molecular complexity index is 873. The summed E-state index contributed by atoms with van der Waals surface area (Å²) >= 11 is 0. The first-order valence-electron chi connectivity index (χ1n) is 7.57. The number of hydrogen-bond acceptors (Lipinski definition) is 4. The molecule has 0 unspecified atom stereocenters. The Morgan fingerprint density at radius 1 is 0.885 bits per heavy atom. The normalized spacial score (nSPS) is 12.4. The van der Waals surface area contributed by atoms with Crippen molar-refractivity contribution in [3.8, 4) is 11.5 Å². The molecule has 6 nitrogen and oxygen atoms in total. The maximum absolute atomic E-state index is 13.5. The molecule has 0 saturated heterocycles. The molecule has 1 aliphatic heterocycles. The van der Waals surface area contributed by atoms with Crippen molar-refractivity contribution in [2.45, 2.75) is 6.42 Å². The van der Waals surface area contributed by atoms with Crippen molar-refractivity contribution >= 4 is 23.2 Å². The van der Waals surface area contributed by atoms with Gasteiger partial charge in [-0.25, -0.2) is 13.2 Å². The number of carbonyl (C=O) groups excluding carboxylic acids is 2. The summed E-state index contributed by atoms with van der Waals surface area (Å²) in [4.78, 5) is 23.7. The average Bonchev–Trinajstić information content (AvgIpc) is 2.62. The fraction of sp³-hybridized carbons (Fsp3) is 0.176. The molecule has 2 aromatic rings. The highest BCUT2D eigenvalue weighted by Gasteiger charge is 2.18. The van der Waals surface area contributed by atoms with E-state index in [2.05, 4.69) is 5.32 Å². The highest BCUT2D eigenvalue weighted by molar-refractivity contribution is 6.08. The van der Waals surface area contributed by atoms with E-state index in [4.69, 9.17) is 9.47 Å². The van der Waals surface area contributed by atoms with Crippen LogP contribution in [0.1, 0.15) is 6.42 Å². The minimum Gasteiger partial charge on any atom is -0.486 e. The van der Waals surface area contributed by atoms with E-state index < -0.39 is 41.4 Å². The Labute approximate surface area is 145 Å². The van der Waals surface area contributed by atoms with Crippen molar-refractivity contribution in [1.82, 2.24) is 0 Å². The highest BCUT2D eigenvalue weighted by atomic mass is 19.2. The van der Waals surface area contributed by atoms with Gasteiger partial charge in [0.05, 0.1) is 5.69 Å². The summed E-state index contributed by atoms with van der Waals surface area (Å²) in [5, 5.41) is 4.50. The van der Waals surface area contributed by atoms with Gasteiger partial charge in [-0.3, -0.25) is 9.59 Å². The molecule has 26 heavy (non-hydrogen) atoms. The molecule has 2 amide bonds. The number of anilines is 2. The third-order valence-corrected chi connectivity index (χ3v) is 3.46. The first-order chi connectivity index (χ1) is 12.4. The monoisotopic (exact) mass is 366 g/mol. The Morgan fingerprint density at radius 2 is 1.58 bits per heavy atom. The smallest absolute Gasteiger partial charge is 0.233 e. The lowest BCUT2D eigenvalue weighted by Gasteiger charge is -2.19. The van der Waals surface area contributed by atoms with E-state index in [0.717, 1.165) is 6.07 Å². The largest absolute Gasteiger partial charge is 0.486 e. The van der Waals surface area contributed by atoms with Gasteiger partial charge in [0.1, 0.15) is 19.6 Å². The number of nitrogens with one attached hydrogen (secondary N) is 2. The summed E-state index contributed by atoms with van der Waals surface area (Å²) in [6.45, 7) is 0.812. The number of amides is 2. The number of rotatable bonds is 4. The summed E-state index contributed by atoms with van der Waals surface area (Å²) in [6, 6.07) is 6.26. The van der Waals surface area contributed by atoms with Crippen LogP contribution in [0.2, 0.25) is 0 Å². The predicted molar refractivity (Wildman–Crippen MR) is 85.6 cm³/mol. The molecule has 0 fully saturated rings. The van der Waals surface area contributed by atoms with Crippen LogP contribution in [0.3, 0.4) is 0 Å². The first kappa shape index (κ1) is 17.6. The Hall–Kier alpha value is -3.23. The van der Waals surface area contributed by atoms with Gasteiger partial charge >= 0.3 is 0 Å². The van der Waals surface area contributed by atoms with Gasteiger partial charge in [0.15, 0.2) is 29.0 Å². The zero-order chi connectivity index (χ0) is 18.7. The Morgan fingerprint density at radius 3 is 2.35 bits per heavy atom. The molecule has 2 N–H and O–H groups in total. The van der Waals surface area contributed by atoms with Gasteiger partial charge in [-0.05, 0) is 24.3 Å². The number of fused-ring (bicyclic) bond motifs is 1. The minimum atomic E-state index is -1.71. The molecule has 0 atom stereocenters. The Kier molecular flexibility index (Phi) is 4.97. The first-order valence-corrected chi connectivity index (χ1v) is 7.57. The second-order valence-electron chi connectivity index (χ2n) is 5.35. The molecule has 9 heteroatoms. The van der Waals surface area contributed by atoms with Gasteiger partial charge in [-0.1, -0.05) is 0 Å². The van der Waals surface area contributed by atoms with Crippen LogP contribution in [0.4, 0.5) is 24.5 Å². The van der Waals surface area contributed by atoms with Crippen LogP contribution in [0.25, 0.3) is 0 Å². The van der Waals surface area contributed by atoms with E-state index in [1.54, 1.807) is 18.2 Å². The lowest BCUT2D eigenvalue weighted by molar-refractivity contribution is -0.123. The second kappa shape index (κ2) is 7.34. The quantitative estimate of drug-likeness (QED) is 0.645. The molecule has 1 heterocycles. The van der Waals surface area contributed by atoms with Crippen molar-refractivity contribution in [2.75, 3.05) is 23.8 Å². The summed E-state index contributed by atoms with van der Waals surface area (Å²) < 4.78 is 50.2. The number of benzene rings is 2. The molecule has 2 aromatic carbocycles. The van der Waals surface area contributed by atoms with Crippen molar-refractivity contribution in [1.29, 1.82) is 0 Å². The third kappa shape index (κ3) is 3.88. The van der Waals surface area contributed by atoms with E-state index >= 15 is 0 Å². The molecular formula is C17H13F3N2O4. The standard InChI is InChI=1S/C17H13F3N2O4/c18-10-2-3-11(17(20)16(10)19)22-15(24)8-14(23)21-9-1-4-12-13(7-9)26-6-5-25-12/h1-4,7H,5-6,8H2,(H,21,23)(H,22,24). The fourth-order valence-corrected chi connectivity index (χ4v) is 2.29. The lowest BCUT2D eigenvalue weighted by Crippen LogP contribution is -2.22. The van der Waals surface area contributed by atoms with E-state index in [0.29, 0.717) is 36.5 Å². The van der Waals surface area contributed by atoms with Crippen LogP contribution in [-0.4, -0.2) is 25.0 Å². The molecule has 0 radical (unpaired) electrons. The minimum absolute atomic E-state index is 0.381. The number of hydrogen-bond donors (Lipinski definition) is 2. The van der Waals surface area contributed by atoms with Crippen LogP contribution in [0, 0.1) is 17.5 Å². The number of halogens is 3. The number of ether oxygens (including phenoxy) is 2. The van der Waals surface area contributed by atoms with E-state index in [-0.39, 0.29) is 0 Å². The molecule has 1 aliphatic rings. The molecular weight excluding hydrogens is 353 g/mol. The zero-order valence-electron chi connectivity index (χ0n) is 13.3. The van der Waals surface area contributed by atoms with Crippen LogP contribution >= 0.6 is 0 Å². The molecule has 0 saturated carbocycles. The second-order valence-corrected chi connectivity index (χ2v) is 5.35.